The predicted molar refractivity (Wildman–Crippen MR) is 45.8 cm³/mol. The van der Waals surface area contributed by atoms with E-state index < -0.39 is 0 Å². The lowest BCUT2D eigenvalue weighted by atomic mass is 10.4. The molecule has 1 heterocycles. The Bertz CT molecular complexity index is 219. The standard InChI is InChI=1S/C7H10ClNS/c1-3-7-9-6(4-8)5(2)10-7/h3-4H2,1-2H3. The van der Waals surface area contributed by atoms with Gasteiger partial charge in [0.15, 0.2) is 0 Å². The maximum absolute atomic E-state index is 5.65. The van der Waals surface area contributed by atoms with Crippen LogP contribution in [0.1, 0.15) is 22.5 Å². The molecule has 0 amide bonds. The fourth-order valence-electron chi connectivity index (χ4n) is 0.763. The molecule has 0 N–H and O–H groups in total. The average Bonchev–Trinajstić information content (AvgIpc) is 2.30. The van der Waals surface area contributed by atoms with Gasteiger partial charge in [0.05, 0.1) is 16.6 Å². The molecule has 0 aliphatic carbocycles. The van der Waals surface area contributed by atoms with Crippen LogP contribution in [0.2, 0.25) is 0 Å². The molecule has 0 aliphatic heterocycles. The number of hydrogen-bond donors (Lipinski definition) is 0. The highest BCUT2D eigenvalue weighted by Gasteiger charge is 2.03. The summed E-state index contributed by atoms with van der Waals surface area (Å²) in [7, 11) is 0. The SMILES string of the molecule is CCc1nc(CCl)c(C)s1. The van der Waals surface area contributed by atoms with Gasteiger partial charge in [-0.3, -0.25) is 0 Å². The predicted octanol–water partition coefficient (Wildman–Crippen LogP) is 2.75. The normalized spacial score (nSPS) is 10.3. The zero-order chi connectivity index (χ0) is 7.56. The van der Waals surface area contributed by atoms with Gasteiger partial charge in [0.2, 0.25) is 0 Å². The van der Waals surface area contributed by atoms with E-state index in [4.69, 9.17) is 11.6 Å². The lowest BCUT2D eigenvalue weighted by Crippen LogP contribution is -1.81. The van der Waals surface area contributed by atoms with Crippen LogP contribution in [-0.4, -0.2) is 4.98 Å². The van der Waals surface area contributed by atoms with Gasteiger partial charge in [0, 0.05) is 4.88 Å². The summed E-state index contributed by atoms with van der Waals surface area (Å²) < 4.78 is 0. The van der Waals surface area contributed by atoms with Crippen LogP contribution in [0.3, 0.4) is 0 Å². The number of aromatic nitrogens is 1. The van der Waals surface area contributed by atoms with E-state index in [9.17, 15) is 0 Å². The third-order valence-electron chi connectivity index (χ3n) is 1.37. The Morgan fingerprint density at radius 2 is 2.30 bits per heavy atom. The van der Waals surface area contributed by atoms with Crippen LogP contribution in [0.25, 0.3) is 0 Å². The second kappa shape index (κ2) is 3.35. The first-order valence-electron chi connectivity index (χ1n) is 3.29. The lowest BCUT2D eigenvalue weighted by molar-refractivity contribution is 1.05. The summed E-state index contributed by atoms with van der Waals surface area (Å²) in [5.41, 5.74) is 1.04. The summed E-state index contributed by atoms with van der Waals surface area (Å²) in [6.45, 7) is 4.17. The molecule has 56 valence electrons. The topological polar surface area (TPSA) is 12.9 Å². The number of hydrogen-bond acceptors (Lipinski definition) is 2. The van der Waals surface area contributed by atoms with E-state index in [1.54, 1.807) is 11.3 Å². The molecule has 1 aromatic rings. The Kier molecular flexibility index (Phi) is 2.69. The summed E-state index contributed by atoms with van der Waals surface area (Å²) in [6, 6.07) is 0. The molecule has 1 aromatic heterocycles. The Balaban J connectivity index is 2.92. The Labute approximate surface area is 70.1 Å². The molecule has 1 rings (SSSR count). The minimum absolute atomic E-state index is 0.544. The fraction of sp³-hybridized carbons (Fsp3) is 0.571. The van der Waals surface area contributed by atoms with Crippen molar-refractivity contribution in [2.75, 3.05) is 0 Å². The van der Waals surface area contributed by atoms with Gasteiger partial charge in [-0.2, -0.15) is 0 Å². The lowest BCUT2D eigenvalue weighted by Gasteiger charge is -1.84. The van der Waals surface area contributed by atoms with Crippen LogP contribution in [-0.2, 0) is 12.3 Å². The van der Waals surface area contributed by atoms with Crippen LogP contribution >= 0.6 is 22.9 Å². The molecule has 0 aromatic carbocycles. The number of rotatable bonds is 2. The van der Waals surface area contributed by atoms with Gasteiger partial charge in [-0.15, -0.1) is 22.9 Å². The van der Waals surface area contributed by atoms with Crippen molar-refractivity contribution >= 4 is 22.9 Å². The molecule has 0 fully saturated rings. The van der Waals surface area contributed by atoms with E-state index in [0.29, 0.717) is 5.88 Å². The fourth-order valence-corrected chi connectivity index (χ4v) is 1.99. The number of thiazole rings is 1. The Hall–Kier alpha value is -0.0800. The molecule has 0 aliphatic rings. The molecule has 0 bridgehead atoms. The van der Waals surface area contributed by atoms with E-state index in [1.165, 1.54) is 9.88 Å². The summed E-state index contributed by atoms with van der Waals surface area (Å²) in [4.78, 5) is 5.59. The van der Waals surface area contributed by atoms with Gasteiger partial charge in [-0.1, -0.05) is 6.92 Å². The minimum Gasteiger partial charge on any atom is -0.245 e. The van der Waals surface area contributed by atoms with Crippen LogP contribution in [0, 0.1) is 6.92 Å². The molecule has 0 atom stereocenters. The summed E-state index contributed by atoms with van der Waals surface area (Å²) in [6.07, 6.45) is 1.02. The highest BCUT2D eigenvalue weighted by atomic mass is 35.5. The van der Waals surface area contributed by atoms with Gasteiger partial charge in [0.1, 0.15) is 0 Å². The molecule has 0 saturated heterocycles. The van der Waals surface area contributed by atoms with Gasteiger partial charge < -0.3 is 0 Å². The average molecular weight is 176 g/mol. The van der Waals surface area contributed by atoms with Crippen molar-refractivity contribution < 1.29 is 0 Å². The van der Waals surface area contributed by atoms with Crippen LogP contribution < -0.4 is 0 Å². The zero-order valence-corrected chi connectivity index (χ0v) is 7.72. The molecule has 10 heavy (non-hydrogen) atoms. The van der Waals surface area contributed by atoms with Crippen molar-refractivity contribution in [1.29, 1.82) is 0 Å². The number of nitrogens with zero attached hydrogens (tertiary/aromatic N) is 1. The number of alkyl halides is 1. The number of aryl methyl sites for hydroxylation is 2. The highest BCUT2D eigenvalue weighted by Crippen LogP contribution is 2.18. The molecule has 0 unspecified atom stereocenters. The second-order valence-electron chi connectivity index (χ2n) is 2.10. The van der Waals surface area contributed by atoms with Crippen molar-refractivity contribution in [2.45, 2.75) is 26.1 Å². The highest BCUT2D eigenvalue weighted by molar-refractivity contribution is 7.11. The zero-order valence-electron chi connectivity index (χ0n) is 6.15. The van der Waals surface area contributed by atoms with Gasteiger partial charge in [0.25, 0.3) is 0 Å². The summed E-state index contributed by atoms with van der Waals surface area (Å²) >= 11 is 7.39. The van der Waals surface area contributed by atoms with E-state index in [0.717, 1.165) is 12.1 Å². The van der Waals surface area contributed by atoms with Crippen molar-refractivity contribution in [3.8, 4) is 0 Å². The van der Waals surface area contributed by atoms with E-state index in [2.05, 4.69) is 18.8 Å². The molecule has 3 heteroatoms. The van der Waals surface area contributed by atoms with Gasteiger partial charge in [-0.25, -0.2) is 4.98 Å². The first kappa shape index (κ1) is 8.02. The first-order chi connectivity index (χ1) is 4.77. The van der Waals surface area contributed by atoms with Crippen LogP contribution in [0.4, 0.5) is 0 Å². The van der Waals surface area contributed by atoms with Gasteiger partial charge in [-0.05, 0) is 13.3 Å². The summed E-state index contributed by atoms with van der Waals surface area (Å²) in [5.74, 6) is 0.544. The third-order valence-corrected chi connectivity index (χ3v) is 2.78. The van der Waals surface area contributed by atoms with Crippen molar-refractivity contribution in [1.82, 2.24) is 4.98 Å². The molecular weight excluding hydrogens is 166 g/mol. The van der Waals surface area contributed by atoms with Crippen molar-refractivity contribution in [2.24, 2.45) is 0 Å². The van der Waals surface area contributed by atoms with E-state index in [-0.39, 0.29) is 0 Å². The maximum Gasteiger partial charge on any atom is 0.0928 e. The van der Waals surface area contributed by atoms with Crippen molar-refractivity contribution in [3.05, 3.63) is 15.6 Å². The van der Waals surface area contributed by atoms with E-state index >= 15 is 0 Å². The smallest absolute Gasteiger partial charge is 0.0928 e. The molecule has 0 spiro atoms. The molecule has 1 nitrogen and oxygen atoms in total. The first-order valence-corrected chi connectivity index (χ1v) is 4.64. The van der Waals surface area contributed by atoms with Crippen LogP contribution in [0.5, 0.6) is 0 Å². The molecule has 0 radical (unpaired) electrons. The Morgan fingerprint density at radius 1 is 1.60 bits per heavy atom. The Morgan fingerprint density at radius 3 is 2.60 bits per heavy atom. The summed E-state index contributed by atoms with van der Waals surface area (Å²) in [5, 5.41) is 1.19. The van der Waals surface area contributed by atoms with Crippen LogP contribution in [0.15, 0.2) is 0 Å². The minimum atomic E-state index is 0.544. The monoisotopic (exact) mass is 175 g/mol. The molecule has 0 saturated carbocycles. The number of halogens is 1. The quantitative estimate of drug-likeness (QED) is 0.630. The molecular formula is C7H10ClNS. The second-order valence-corrected chi connectivity index (χ2v) is 3.65. The van der Waals surface area contributed by atoms with Crippen molar-refractivity contribution in [3.63, 3.8) is 0 Å². The van der Waals surface area contributed by atoms with E-state index in [1.807, 2.05) is 0 Å². The largest absolute Gasteiger partial charge is 0.245 e. The van der Waals surface area contributed by atoms with Gasteiger partial charge >= 0.3 is 0 Å². The third kappa shape index (κ3) is 1.50. The maximum atomic E-state index is 5.65.